The normalized spacial score (nSPS) is 11.4. The van der Waals surface area contributed by atoms with Gasteiger partial charge in [0.15, 0.2) is 5.65 Å². The van der Waals surface area contributed by atoms with E-state index in [1.165, 1.54) is 0 Å². The monoisotopic (exact) mass is 462 g/mol. The van der Waals surface area contributed by atoms with Gasteiger partial charge in [-0.1, -0.05) is 66.2 Å². The predicted molar refractivity (Wildman–Crippen MR) is 137 cm³/mol. The molecule has 3 aromatic carbocycles. The SMILES string of the molecule is Cc1nc2c(-c3ccccc3)c(-c3ccc(Cl)cc3)[nH]n2c(=O)c1-c1ccc2ncccc2c1. The van der Waals surface area contributed by atoms with Crippen LogP contribution in [-0.4, -0.2) is 19.6 Å². The van der Waals surface area contributed by atoms with Crippen LogP contribution in [0.1, 0.15) is 5.69 Å². The van der Waals surface area contributed by atoms with Gasteiger partial charge in [-0.3, -0.25) is 14.9 Å². The minimum atomic E-state index is -0.150. The van der Waals surface area contributed by atoms with E-state index in [-0.39, 0.29) is 5.56 Å². The van der Waals surface area contributed by atoms with Crippen molar-refractivity contribution in [2.45, 2.75) is 6.92 Å². The van der Waals surface area contributed by atoms with E-state index in [4.69, 9.17) is 16.6 Å². The summed E-state index contributed by atoms with van der Waals surface area (Å²) in [4.78, 5) is 23.1. The zero-order valence-electron chi connectivity index (χ0n) is 18.3. The number of benzene rings is 3. The number of rotatable bonds is 3. The van der Waals surface area contributed by atoms with Gasteiger partial charge in [-0.2, -0.15) is 4.52 Å². The lowest BCUT2D eigenvalue weighted by atomic mass is 10.0. The molecule has 0 aliphatic rings. The van der Waals surface area contributed by atoms with Crippen molar-refractivity contribution in [3.63, 3.8) is 0 Å². The molecule has 5 nitrogen and oxygen atoms in total. The Morgan fingerprint density at radius 1 is 0.824 bits per heavy atom. The summed E-state index contributed by atoms with van der Waals surface area (Å²) in [5, 5.41) is 4.95. The maximum atomic E-state index is 13.8. The van der Waals surface area contributed by atoms with Crippen molar-refractivity contribution in [2.75, 3.05) is 0 Å². The van der Waals surface area contributed by atoms with Gasteiger partial charge in [-0.15, -0.1) is 0 Å². The molecule has 0 bridgehead atoms. The van der Waals surface area contributed by atoms with E-state index in [9.17, 15) is 4.79 Å². The van der Waals surface area contributed by atoms with Crippen LogP contribution in [0.15, 0.2) is 95.9 Å². The molecule has 1 N–H and O–H groups in total. The van der Waals surface area contributed by atoms with Crippen molar-refractivity contribution in [1.82, 2.24) is 19.6 Å². The average Bonchev–Trinajstić information content (AvgIpc) is 3.24. The molecule has 0 atom stereocenters. The maximum absolute atomic E-state index is 13.8. The summed E-state index contributed by atoms with van der Waals surface area (Å²) in [7, 11) is 0. The largest absolute Gasteiger partial charge is 0.288 e. The van der Waals surface area contributed by atoms with Gasteiger partial charge in [-0.25, -0.2) is 4.98 Å². The van der Waals surface area contributed by atoms with E-state index in [0.29, 0.717) is 21.9 Å². The molecule has 6 heteroatoms. The van der Waals surface area contributed by atoms with Crippen molar-refractivity contribution in [1.29, 1.82) is 0 Å². The average molecular weight is 463 g/mol. The second kappa shape index (κ2) is 7.97. The lowest BCUT2D eigenvalue weighted by Gasteiger charge is -2.08. The molecule has 0 amide bonds. The highest BCUT2D eigenvalue weighted by Gasteiger charge is 2.21. The minimum absolute atomic E-state index is 0.150. The van der Waals surface area contributed by atoms with Crippen LogP contribution in [0.2, 0.25) is 5.02 Å². The molecule has 6 aromatic rings. The molecule has 6 rings (SSSR count). The number of fused-ring (bicyclic) bond motifs is 2. The molecule has 0 saturated carbocycles. The Hall–Kier alpha value is -4.22. The van der Waals surface area contributed by atoms with Gasteiger partial charge >= 0.3 is 0 Å². The molecule has 0 fully saturated rings. The lowest BCUT2D eigenvalue weighted by molar-refractivity contribution is 0.897. The molecule has 0 unspecified atom stereocenters. The van der Waals surface area contributed by atoms with Gasteiger partial charge in [0, 0.05) is 22.2 Å². The van der Waals surface area contributed by atoms with Gasteiger partial charge < -0.3 is 0 Å². The summed E-state index contributed by atoms with van der Waals surface area (Å²) in [5.74, 6) is 0. The number of aryl methyl sites for hydroxylation is 1. The molecular weight excluding hydrogens is 444 g/mol. The highest BCUT2D eigenvalue weighted by Crippen LogP contribution is 2.35. The number of aromatic nitrogens is 4. The van der Waals surface area contributed by atoms with E-state index in [0.717, 1.165) is 38.9 Å². The zero-order valence-corrected chi connectivity index (χ0v) is 19.0. The second-order valence-electron chi connectivity index (χ2n) is 8.18. The fourth-order valence-electron chi connectivity index (χ4n) is 4.45. The third-order valence-electron chi connectivity index (χ3n) is 6.05. The van der Waals surface area contributed by atoms with Crippen molar-refractivity contribution in [3.05, 3.63) is 112 Å². The number of nitrogens with zero attached hydrogens (tertiary/aromatic N) is 3. The van der Waals surface area contributed by atoms with Gasteiger partial charge in [0.1, 0.15) is 0 Å². The van der Waals surface area contributed by atoms with Crippen molar-refractivity contribution >= 4 is 28.2 Å². The van der Waals surface area contributed by atoms with Gasteiger partial charge in [0.2, 0.25) is 0 Å². The standard InChI is InChI=1S/C28H19ClN4O/c1-17-24(21-11-14-23-20(16-21)8-5-15-30-23)28(34)33-27(31-17)25(18-6-3-2-4-7-18)26(32-33)19-9-12-22(29)13-10-19/h2-16,32H,1H3. The topological polar surface area (TPSA) is 63.1 Å². The first-order valence-corrected chi connectivity index (χ1v) is 11.3. The molecule has 164 valence electrons. The molecule has 3 aromatic heterocycles. The van der Waals surface area contributed by atoms with Crippen molar-refractivity contribution in [2.24, 2.45) is 0 Å². The van der Waals surface area contributed by atoms with Gasteiger partial charge in [0.25, 0.3) is 5.56 Å². The molecule has 34 heavy (non-hydrogen) atoms. The molecule has 0 spiro atoms. The predicted octanol–water partition coefficient (Wildman–Crippen LogP) is 6.53. The van der Waals surface area contributed by atoms with Crippen LogP contribution in [0.4, 0.5) is 0 Å². The first-order valence-electron chi connectivity index (χ1n) is 10.9. The third-order valence-corrected chi connectivity index (χ3v) is 6.30. The van der Waals surface area contributed by atoms with E-state index in [2.05, 4.69) is 10.1 Å². The molecular formula is C28H19ClN4O. The highest BCUT2D eigenvalue weighted by molar-refractivity contribution is 6.30. The maximum Gasteiger partial charge on any atom is 0.280 e. The minimum Gasteiger partial charge on any atom is -0.288 e. The fraction of sp³-hybridized carbons (Fsp3) is 0.0357. The Balaban J connectivity index is 1.65. The van der Waals surface area contributed by atoms with Crippen LogP contribution >= 0.6 is 11.6 Å². The Bertz CT molecular complexity index is 1740. The van der Waals surface area contributed by atoms with E-state index in [1.807, 2.05) is 91.9 Å². The Kier molecular flexibility index (Phi) is 4.78. The van der Waals surface area contributed by atoms with Crippen LogP contribution < -0.4 is 5.56 Å². The van der Waals surface area contributed by atoms with E-state index in [1.54, 1.807) is 10.7 Å². The first kappa shape index (κ1) is 20.4. The van der Waals surface area contributed by atoms with Crippen LogP contribution in [0.25, 0.3) is 50.1 Å². The molecule has 0 saturated heterocycles. The summed E-state index contributed by atoms with van der Waals surface area (Å²) in [6.45, 7) is 1.88. The van der Waals surface area contributed by atoms with Crippen LogP contribution in [0.3, 0.4) is 0 Å². The number of nitrogens with one attached hydrogen (secondary N) is 1. The number of aromatic amines is 1. The fourth-order valence-corrected chi connectivity index (χ4v) is 4.57. The number of hydrogen-bond donors (Lipinski definition) is 1. The number of pyridine rings is 1. The van der Waals surface area contributed by atoms with Crippen molar-refractivity contribution in [3.8, 4) is 33.5 Å². The summed E-state index contributed by atoms with van der Waals surface area (Å²) in [6.07, 6.45) is 1.76. The highest BCUT2D eigenvalue weighted by atomic mass is 35.5. The Labute approximate surface area is 200 Å². The molecule has 0 aliphatic heterocycles. The summed E-state index contributed by atoms with van der Waals surface area (Å²) >= 11 is 6.13. The first-order chi connectivity index (χ1) is 16.6. The molecule has 0 aliphatic carbocycles. The van der Waals surface area contributed by atoms with Crippen LogP contribution in [0.5, 0.6) is 0 Å². The van der Waals surface area contributed by atoms with Crippen LogP contribution in [-0.2, 0) is 0 Å². The number of hydrogen-bond acceptors (Lipinski definition) is 3. The Morgan fingerprint density at radius 3 is 2.38 bits per heavy atom. The molecule has 3 heterocycles. The van der Waals surface area contributed by atoms with E-state index >= 15 is 0 Å². The number of halogens is 1. The smallest absolute Gasteiger partial charge is 0.280 e. The molecule has 0 radical (unpaired) electrons. The lowest BCUT2D eigenvalue weighted by Crippen LogP contribution is -2.19. The third kappa shape index (κ3) is 3.29. The quantitative estimate of drug-likeness (QED) is 0.325. The second-order valence-corrected chi connectivity index (χ2v) is 8.62. The summed E-state index contributed by atoms with van der Waals surface area (Å²) < 4.78 is 1.54. The number of H-pyrrole nitrogens is 1. The Morgan fingerprint density at radius 2 is 1.59 bits per heavy atom. The van der Waals surface area contributed by atoms with Crippen molar-refractivity contribution < 1.29 is 0 Å². The van der Waals surface area contributed by atoms with Gasteiger partial charge in [0.05, 0.1) is 28.0 Å². The summed E-state index contributed by atoms with van der Waals surface area (Å²) in [6, 6.07) is 27.3. The van der Waals surface area contributed by atoms with Crippen LogP contribution in [0, 0.1) is 6.92 Å². The summed E-state index contributed by atoms with van der Waals surface area (Å²) in [5.41, 5.74) is 6.95. The van der Waals surface area contributed by atoms with Gasteiger partial charge in [-0.05, 0) is 48.4 Å². The van der Waals surface area contributed by atoms with E-state index < -0.39 is 0 Å². The zero-order chi connectivity index (χ0) is 23.2.